The molecule has 21 heavy (non-hydrogen) atoms. The highest BCUT2D eigenvalue weighted by Crippen LogP contribution is 2.25. The van der Waals surface area contributed by atoms with Crippen molar-refractivity contribution >= 4 is 10.0 Å². The molecule has 1 aromatic heterocycles. The number of aromatic nitrogens is 1. The minimum atomic E-state index is -3.50. The fourth-order valence-electron chi connectivity index (χ4n) is 2.59. The van der Waals surface area contributed by atoms with Crippen LogP contribution >= 0.6 is 0 Å². The fourth-order valence-corrected chi connectivity index (χ4v) is 3.80. The molecule has 2 rings (SSSR count). The second-order valence-electron chi connectivity index (χ2n) is 6.28. The average molecular weight is 311 g/mol. The Hall–Kier alpha value is -0.980. The molecule has 0 saturated heterocycles. The molecular formula is C15H25N3O2S. The number of hydrogen-bond acceptors (Lipinski definition) is 4. The summed E-state index contributed by atoms with van der Waals surface area (Å²) in [6, 6.07) is 3.83. The summed E-state index contributed by atoms with van der Waals surface area (Å²) in [5.74, 6) is 0.593. The van der Waals surface area contributed by atoms with E-state index in [1.54, 1.807) is 12.3 Å². The summed E-state index contributed by atoms with van der Waals surface area (Å²) in [5, 5.41) is 3.39. The summed E-state index contributed by atoms with van der Waals surface area (Å²) in [6.45, 7) is 6.99. The van der Waals surface area contributed by atoms with Crippen molar-refractivity contribution in [1.82, 2.24) is 15.0 Å². The van der Waals surface area contributed by atoms with E-state index in [1.165, 1.54) is 0 Å². The van der Waals surface area contributed by atoms with Gasteiger partial charge in [-0.3, -0.25) is 0 Å². The van der Waals surface area contributed by atoms with Crippen molar-refractivity contribution in [2.75, 3.05) is 0 Å². The maximum atomic E-state index is 12.3. The molecule has 6 heteroatoms. The van der Waals surface area contributed by atoms with Gasteiger partial charge in [-0.05, 0) is 36.8 Å². The summed E-state index contributed by atoms with van der Waals surface area (Å²) in [7, 11) is -3.50. The Balaban J connectivity index is 1.99. The number of sulfonamides is 1. The smallest absolute Gasteiger partial charge is 0.258 e. The predicted molar refractivity (Wildman–Crippen MR) is 83.3 cm³/mol. The molecule has 118 valence electrons. The average Bonchev–Trinajstić information content (AvgIpc) is 2.81. The molecule has 2 N–H and O–H groups in total. The second-order valence-corrected chi connectivity index (χ2v) is 7.94. The number of rotatable bonds is 6. The van der Waals surface area contributed by atoms with Gasteiger partial charge in [0.2, 0.25) is 0 Å². The van der Waals surface area contributed by atoms with Crippen LogP contribution in [0.4, 0.5) is 0 Å². The van der Waals surface area contributed by atoms with Crippen LogP contribution in [-0.4, -0.2) is 25.5 Å². The van der Waals surface area contributed by atoms with Gasteiger partial charge in [0, 0.05) is 24.8 Å². The Morgan fingerprint density at radius 2 is 2.10 bits per heavy atom. The zero-order chi connectivity index (χ0) is 15.5. The topological polar surface area (TPSA) is 71.1 Å². The van der Waals surface area contributed by atoms with E-state index in [0.29, 0.717) is 18.5 Å². The van der Waals surface area contributed by atoms with Gasteiger partial charge in [-0.1, -0.05) is 26.8 Å². The largest absolute Gasteiger partial charge is 0.310 e. The predicted octanol–water partition coefficient (Wildman–Crippen LogP) is 2.05. The van der Waals surface area contributed by atoms with Crippen molar-refractivity contribution < 1.29 is 8.42 Å². The van der Waals surface area contributed by atoms with Crippen molar-refractivity contribution in [2.24, 2.45) is 5.92 Å². The lowest BCUT2D eigenvalue weighted by Crippen LogP contribution is -2.33. The molecule has 5 nitrogen and oxygen atoms in total. The summed E-state index contributed by atoms with van der Waals surface area (Å²) >= 11 is 0. The van der Waals surface area contributed by atoms with Gasteiger partial charge in [0.25, 0.3) is 10.0 Å². The highest BCUT2D eigenvalue weighted by molar-refractivity contribution is 7.89. The molecule has 1 aromatic rings. The SMILES string of the molecule is CC1CCC(NS(=O)(=O)c2ccc(CNC(C)C)cn2)C1. The van der Waals surface area contributed by atoms with Crippen LogP contribution in [0.2, 0.25) is 0 Å². The van der Waals surface area contributed by atoms with E-state index < -0.39 is 10.0 Å². The van der Waals surface area contributed by atoms with Gasteiger partial charge < -0.3 is 5.32 Å². The minimum Gasteiger partial charge on any atom is -0.310 e. The van der Waals surface area contributed by atoms with Crippen LogP contribution < -0.4 is 10.0 Å². The Labute approximate surface area is 127 Å². The van der Waals surface area contributed by atoms with Crippen LogP contribution in [0.25, 0.3) is 0 Å². The Bertz CT molecular complexity index is 555. The molecule has 0 radical (unpaired) electrons. The molecule has 1 saturated carbocycles. The van der Waals surface area contributed by atoms with Crippen molar-refractivity contribution in [3.8, 4) is 0 Å². The van der Waals surface area contributed by atoms with E-state index in [9.17, 15) is 8.42 Å². The maximum Gasteiger partial charge on any atom is 0.258 e. The number of hydrogen-bond donors (Lipinski definition) is 2. The minimum absolute atomic E-state index is 0.0501. The molecular weight excluding hydrogens is 286 g/mol. The first-order valence-corrected chi connectivity index (χ1v) is 9.06. The van der Waals surface area contributed by atoms with Gasteiger partial charge in [-0.25, -0.2) is 18.1 Å². The summed E-state index contributed by atoms with van der Waals surface area (Å²) in [5.41, 5.74) is 0.983. The number of nitrogens with zero attached hydrogens (tertiary/aromatic N) is 1. The van der Waals surface area contributed by atoms with Crippen LogP contribution in [0.5, 0.6) is 0 Å². The monoisotopic (exact) mass is 311 g/mol. The lowest BCUT2D eigenvalue weighted by Gasteiger charge is -2.13. The Morgan fingerprint density at radius 3 is 2.62 bits per heavy atom. The lowest BCUT2D eigenvalue weighted by atomic mass is 10.1. The van der Waals surface area contributed by atoms with E-state index >= 15 is 0 Å². The first kappa shape index (κ1) is 16.4. The molecule has 1 heterocycles. The molecule has 0 aromatic carbocycles. The lowest BCUT2D eigenvalue weighted by molar-refractivity contribution is 0.535. The summed E-state index contributed by atoms with van der Waals surface area (Å²) in [4.78, 5) is 4.10. The molecule has 1 aliphatic rings. The third-order valence-electron chi connectivity index (χ3n) is 3.80. The molecule has 1 aliphatic carbocycles. The molecule has 1 fully saturated rings. The zero-order valence-corrected chi connectivity index (χ0v) is 13.8. The van der Waals surface area contributed by atoms with Crippen LogP contribution in [0.15, 0.2) is 23.4 Å². The van der Waals surface area contributed by atoms with E-state index in [-0.39, 0.29) is 11.1 Å². The molecule has 2 unspecified atom stereocenters. The molecule has 0 spiro atoms. The van der Waals surface area contributed by atoms with Gasteiger partial charge in [-0.2, -0.15) is 0 Å². The first-order chi connectivity index (χ1) is 9.87. The van der Waals surface area contributed by atoms with Crippen molar-refractivity contribution in [3.63, 3.8) is 0 Å². The molecule has 2 atom stereocenters. The third-order valence-corrected chi connectivity index (χ3v) is 5.24. The summed E-state index contributed by atoms with van der Waals surface area (Å²) in [6.07, 6.45) is 4.54. The Morgan fingerprint density at radius 1 is 1.33 bits per heavy atom. The molecule has 0 bridgehead atoms. The van der Waals surface area contributed by atoms with Crippen molar-refractivity contribution in [1.29, 1.82) is 0 Å². The van der Waals surface area contributed by atoms with E-state index in [0.717, 1.165) is 24.8 Å². The van der Waals surface area contributed by atoms with E-state index in [1.807, 2.05) is 6.07 Å². The van der Waals surface area contributed by atoms with Crippen molar-refractivity contribution in [2.45, 2.75) is 63.7 Å². The van der Waals surface area contributed by atoms with E-state index in [2.05, 4.69) is 35.8 Å². The van der Waals surface area contributed by atoms with Gasteiger partial charge in [0.05, 0.1) is 0 Å². The highest BCUT2D eigenvalue weighted by atomic mass is 32.2. The first-order valence-electron chi connectivity index (χ1n) is 7.57. The van der Waals surface area contributed by atoms with Crippen LogP contribution in [0, 0.1) is 5.92 Å². The third kappa shape index (κ3) is 4.76. The Kier molecular flexibility index (Phi) is 5.35. The van der Waals surface area contributed by atoms with Crippen LogP contribution in [0.3, 0.4) is 0 Å². The number of nitrogens with one attached hydrogen (secondary N) is 2. The van der Waals surface area contributed by atoms with Crippen LogP contribution in [-0.2, 0) is 16.6 Å². The number of pyridine rings is 1. The van der Waals surface area contributed by atoms with Crippen molar-refractivity contribution in [3.05, 3.63) is 23.9 Å². The second kappa shape index (κ2) is 6.85. The summed E-state index contributed by atoms with van der Waals surface area (Å²) < 4.78 is 27.3. The molecule has 0 aliphatic heterocycles. The van der Waals surface area contributed by atoms with Gasteiger partial charge in [0.15, 0.2) is 5.03 Å². The van der Waals surface area contributed by atoms with Crippen LogP contribution in [0.1, 0.15) is 45.6 Å². The van der Waals surface area contributed by atoms with Gasteiger partial charge >= 0.3 is 0 Å². The fraction of sp³-hybridized carbons (Fsp3) is 0.667. The molecule has 0 amide bonds. The van der Waals surface area contributed by atoms with Gasteiger partial charge in [0.1, 0.15) is 0 Å². The zero-order valence-electron chi connectivity index (χ0n) is 13.0. The highest BCUT2D eigenvalue weighted by Gasteiger charge is 2.27. The normalized spacial score (nSPS) is 22.9. The van der Waals surface area contributed by atoms with Gasteiger partial charge in [-0.15, -0.1) is 0 Å². The quantitative estimate of drug-likeness (QED) is 0.843. The standard InChI is InChI=1S/C15H25N3O2S/c1-11(2)16-9-13-5-7-15(17-10-13)21(19,20)18-14-6-4-12(3)8-14/h5,7,10-12,14,16,18H,4,6,8-9H2,1-3H3. The maximum absolute atomic E-state index is 12.3. The van der Waals surface area contributed by atoms with E-state index in [4.69, 9.17) is 0 Å².